The maximum absolute atomic E-state index is 13.6. The third-order valence-electron chi connectivity index (χ3n) is 2.31. The van der Waals surface area contributed by atoms with Gasteiger partial charge in [-0.05, 0) is 29.8 Å². The van der Waals surface area contributed by atoms with Crippen LogP contribution in [0.3, 0.4) is 0 Å². The summed E-state index contributed by atoms with van der Waals surface area (Å²) in [5, 5.41) is -9.38. The van der Waals surface area contributed by atoms with E-state index in [0.717, 1.165) is 0 Å². The minimum Gasteiger partial charge on any atom is -0.212 e. The molecule has 1 rings (SSSR count). The molecule has 0 aromatic heterocycles. The van der Waals surface area contributed by atoms with Crippen LogP contribution >= 0.6 is 23.2 Å². The van der Waals surface area contributed by atoms with Crippen LogP contribution in [0.4, 0.5) is 39.5 Å². The monoisotopic (exact) mass is 364 g/mol. The summed E-state index contributed by atoms with van der Waals surface area (Å²) < 4.78 is 114. The Labute approximate surface area is 121 Å². The maximum Gasteiger partial charge on any atom is 0.416 e. The molecule has 0 aliphatic heterocycles. The van der Waals surface area contributed by atoms with Gasteiger partial charge in [-0.15, -0.1) is 0 Å². The van der Waals surface area contributed by atoms with Gasteiger partial charge in [0.2, 0.25) is 0 Å². The van der Waals surface area contributed by atoms with Crippen LogP contribution in [-0.4, -0.2) is 5.38 Å². The lowest BCUT2D eigenvalue weighted by Crippen LogP contribution is -2.32. The Bertz CT molecular complexity index is 493. The molecule has 0 amide bonds. The summed E-state index contributed by atoms with van der Waals surface area (Å²) in [4.78, 5) is 0. The zero-order valence-electron chi connectivity index (χ0n) is 9.39. The summed E-state index contributed by atoms with van der Waals surface area (Å²) in [7, 11) is 0. The average Bonchev–Trinajstić information content (AvgIpc) is 2.24. The van der Waals surface area contributed by atoms with Crippen molar-refractivity contribution in [2.24, 2.45) is 0 Å². The van der Waals surface area contributed by atoms with Crippen molar-refractivity contribution in [3.8, 4) is 0 Å². The van der Waals surface area contributed by atoms with E-state index in [4.69, 9.17) is 11.6 Å². The Morgan fingerprint density at radius 1 is 0.571 bits per heavy atom. The molecule has 0 saturated heterocycles. The fourth-order valence-electron chi connectivity index (χ4n) is 1.30. The number of hydrogen-bond acceptors (Lipinski definition) is 0. The molecule has 0 heterocycles. The Balaban J connectivity index is 3.61. The van der Waals surface area contributed by atoms with Crippen LogP contribution in [0.1, 0.15) is 16.7 Å². The SMILES string of the molecule is FC(F)(F)c1cc(C(F)(F)F)cc(C(F)(Cl)C(F)(F)Cl)c1. The van der Waals surface area contributed by atoms with Crippen molar-refractivity contribution in [2.75, 3.05) is 0 Å². The number of hydrogen-bond donors (Lipinski definition) is 0. The van der Waals surface area contributed by atoms with Crippen LogP contribution in [-0.2, 0) is 17.5 Å². The normalized spacial score (nSPS) is 16.7. The molecular formula is C10H3Cl2F9. The lowest BCUT2D eigenvalue weighted by molar-refractivity contribution is -0.143. The Kier molecular flexibility index (Phi) is 4.44. The van der Waals surface area contributed by atoms with Gasteiger partial charge in [0.15, 0.2) is 0 Å². The largest absolute Gasteiger partial charge is 0.416 e. The van der Waals surface area contributed by atoms with Crippen molar-refractivity contribution < 1.29 is 39.5 Å². The highest BCUT2D eigenvalue weighted by Crippen LogP contribution is 2.49. The second-order valence-electron chi connectivity index (χ2n) is 3.87. The molecule has 0 radical (unpaired) electrons. The molecule has 0 saturated carbocycles. The van der Waals surface area contributed by atoms with E-state index in [1.807, 2.05) is 0 Å². The van der Waals surface area contributed by atoms with Crippen molar-refractivity contribution in [1.82, 2.24) is 0 Å². The van der Waals surface area contributed by atoms with Crippen LogP contribution in [0.25, 0.3) is 0 Å². The highest BCUT2D eigenvalue weighted by molar-refractivity contribution is 6.32. The standard InChI is InChI=1S/C10H3Cl2F9/c11-7(13,10(12,20)21)4-1-5(8(14,15)16)3-6(2-4)9(17,18)19/h1-3H. The van der Waals surface area contributed by atoms with Gasteiger partial charge >= 0.3 is 17.7 Å². The quantitative estimate of drug-likeness (QED) is 0.451. The molecule has 120 valence electrons. The Morgan fingerprint density at radius 2 is 0.857 bits per heavy atom. The van der Waals surface area contributed by atoms with E-state index >= 15 is 0 Å². The van der Waals surface area contributed by atoms with Gasteiger partial charge in [0.05, 0.1) is 11.1 Å². The highest BCUT2D eigenvalue weighted by atomic mass is 35.5. The van der Waals surface area contributed by atoms with Crippen molar-refractivity contribution in [3.63, 3.8) is 0 Å². The number of benzene rings is 1. The fraction of sp³-hybridized carbons (Fsp3) is 0.400. The average molecular weight is 365 g/mol. The molecule has 0 N–H and O–H groups in total. The molecule has 11 heteroatoms. The van der Waals surface area contributed by atoms with E-state index in [0.29, 0.717) is 0 Å². The predicted octanol–water partition coefficient (Wildman–Crippen LogP) is 5.92. The van der Waals surface area contributed by atoms with Crippen LogP contribution in [0, 0.1) is 0 Å². The van der Waals surface area contributed by atoms with Gasteiger partial charge in [0.25, 0.3) is 5.13 Å². The van der Waals surface area contributed by atoms with Gasteiger partial charge in [-0.2, -0.15) is 35.1 Å². The smallest absolute Gasteiger partial charge is 0.212 e. The van der Waals surface area contributed by atoms with Crippen LogP contribution in [0.15, 0.2) is 18.2 Å². The second kappa shape index (κ2) is 5.12. The number of alkyl halides is 11. The summed E-state index contributed by atoms with van der Waals surface area (Å²) >= 11 is 8.99. The minimum absolute atomic E-state index is 0.265. The Morgan fingerprint density at radius 3 is 1.10 bits per heavy atom. The van der Waals surface area contributed by atoms with E-state index < -0.39 is 39.6 Å². The number of rotatable bonds is 2. The molecule has 1 aromatic rings. The molecule has 1 atom stereocenters. The van der Waals surface area contributed by atoms with E-state index in [2.05, 4.69) is 11.6 Å². The zero-order valence-corrected chi connectivity index (χ0v) is 10.9. The molecule has 0 fully saturated rings. The van der Waals surface area contributed by atoms with E-state index in [-0.39, 0.29) is 18.2 Å². The first-order chi connectivity index (χ1) is 9.07. The summed E-state index contributed by atoms with van der Waals surface area (Å²) in [6.45, 7) is 0. The Hall–Kier alpha value is -0.830. The molecule has 0 aliphatic rings. The zero-order chi connectivity index (χ0) is 16.9. The summed E-state index contributed by atoms with van der Waals surface area (Å²) in [6.07, 6.45) is -10.7. The lowest BCUT2D eigenvalue weighted by atomic mass is 10.0. The summed E-state index contributed by atoms with van der Waals surface area (Å²) in [6, 6.07) is -0.889. The first-order valence-electron chi connectivity index (χ1n) is 4.81. The van der Waals surface area contributed by atoms with Gasteiger partial charge in [-0.3, -0.25) is 0 Å². The maximum atomic E-state index is 13.6. The van der Waals surface area contributed by atoms with Crippen LogP contribution in [0.2, 0.25) is 0 Å². The van der Waals surface area contributed by atoms with Gasteiger partial charge in [-0.25, -0.2) is 4.39 Å². The van der Waals surface area contributed by atoms with E-state index in [1.54, 1.807) is 0 Å². The molecule has 0 nitrogen and oxygen atoms in total. The van der Waals surface area contributed by atoms with Crippen molar-refractivity contribution >= 4 is 23.2 Å². The van der Waals surface area contributed by atoms with E-state index in [9.17, 15) is 39.5 Å². The minimum atomic E-state index is -5.33. The third-order valence-corrected chi connectivity index (χ3v) is 3.12. The predicted molar refractivity (Wildman–Crippen MR) is 55.9 cm³/mol. The topological polar surface area (TPSA) is 0 Å². The van der Waals surface area contributed by atoms with Crippen LogP contribution < -0.4 is 0 Å². The molecule has 0 spiro atoms. The van der Waals surface area contributed by atoms with Gasteiger partial charge < -0.3 is 0 Å². The first-order valence-corrected chi connectivity index (χ1v) is 5.57. The van der Waals surface area contributed by atoms with Gasteiger partial charge in [0, 0.05) is 5.56 Å². The third kappa shape index (κ3) is 3.88. The number of halogens is 11. The van der Waals surface area contributed by atoms with Gasteiger partial charge in [-0.1, -0.05) is 11.6 Å². The molecule has 1 aromatic carbocycles. The molecule has 0 aliphatic carbocycles. The molecule has 21 heavy (non-hydrogen) atoms. The molecular weight excluding hydrogens is 362 g/mol. The van der Waals surface area contributed by atoms with Crippen molar-refractivity contribution in [3.05, 3.63) is 34.9 Å². The highest BCUT2D eigenvalue weighted by Gasteiger charge is 2.55. The fourth-order valence-corrected chi connectivity index (χ4v) is 1.52. The van der Waals surface area contributed by atoms with Crippen LogP contribution in [0.5, 0.6) is 0 Å². The van der Waals surface area contributed by atoms with Crippen molar-refractivity contribution in [2.45, 2.75) is 22.9 Å². The second-order valence-corrected chi connectivity index (χ2v) is 4.86. The van der Waals surface area contributed by atoms with Gasteiger partial charge in [0.1, 0.15) is 0 Å². The lowest BCUT2D eigenvalue weighted by Gasteiger charge is -2.25. The summed E-state index contributed by atoms with van der Waals surface area (Å²) in [5.41, 5.74) is -5.74. The summed E-state index contributed by atoms with van der Waals surface area (Å²) in [5.74, 6) is 0. The molecule has 0 bridgehead atoms. The first kappa shape index (κ1) is 18.2. The molecule has 1 unspecified atom stereocenters. The van der Waals surface area contributed by atoms with E-state index in [1.165, 1.54) is 0 Å². The van der Waals surface area contributed by atoms with Crippen molar-refractivity contribution in [1.29, 1.82) is 0 Å².